The van der Waals surface area contributed by atoms with Crippen molar-refractivity contribution in [3.8, 4) is 11.8 Å². The lowest BCUT2D eigenvalue weighted by Gasteiger charge is -2.11. The summed E-state index contributed by atoms with van der Waals surface area (Å²) in [6, 6.07) is 11.8. The second kappa shape index (κ2) is 7.50. The fraction of sp³-hybridized carbons (Fsp3) is 0.0667. The summed E-state index contributed by atoms with van der Waals surface area (Å²) in [5.74, 6) is -0.0737. The minimum absolute atomic E-state index is 0.250. The van der Waals surface area contributed by atoms with Crippen LogP contribution in [0.3, 0.4) is 0 Å². The van der Waals surface area contributed by atoms with Gasteiger partial charge in [0.05, 0.1) is 20.7 Å². The molecule has 112 valence electrons. The minimum Gasteiger partial charge on any atom is -0.481 e. The van der Waals surface area contributed by atoms with Crippen molar-refractivity contribution in [3.05, 3.63) is 56.5 Å². The molecular weight excluding hydrogens is 391 g/mol. The van der Waals surface area contributed by atoms with E-state index in [4.69, 9.17) is 33.2 Å². The Kier molecular flexibility index (Phi) is 5.67. The SMILES string of the molecule is N#Cc1ccccc1NC(=O)COc1c(Cl)cc(Cl)cc1Br. The van der Waals surface area contributed by atoms with Crippen molar-refractivity contribution in [2.24, 2.45) is 0 Å². The molecule has 0 unspecified atom stereocenters. The van der Waals surface area contributed by atoms with Gasteiger partial charge in [-0.05, 0) is 40.2 Å². The summed E-state index contributed by atoms with van der Waals surface area (Å²) in [6.45, 7) is -0.250. The van der Waals surface area contributed by atoms with Crippen LogP contribution < -0.4 is 10.1 Å². The number of anilines is 1. The van der Waals surface area contributed by atoms with Gasteiger partial charge in [0, 0.05) is 5.02 Å². The number of benzene rings is 2. The van der Waals surface area contributed by atoms with Gasteiger partial charge in [-0.3, -0.25) is 4.79 Å². The number of para-hydroxylation sites is 1. The molecule has 0 saturated carbocycles. The lowest BCUT2D eigenvalue weighted by atomic mass is 10.2. The fourth-order valence-corrected chi connectivity index (χ4v) is 3.05. The third-order valence-electron chi connectivity index (χ3n) is 2.63. The zero-order valence-corrected chi connectivity index (χ0v) is 14.2. The molecule has 7 heteroatoms. The highest BCUT2D eigenvalue weighted by atomic mass is 79.9. The Hall–Kier alpha value is -1.74. The molecule has 0 spiro atoms. The predicted molar refractivity (Wildman–Crippen MR) is 89.4 cm³/mol. The molecule has 1 N–H and O–H groups in total. The number of hydrogen-bond acceptors (Lipinski definition) is 3. The van der Waals surface area contributed by atoms with Crippen molar-refractivity contribution in [2.75, 3.05) is 11.9 Å². The highest BCUT2D eigenvalue weighted by molar-refractivity contribution is 9.10. The molecule has 0 atom stereocenters. The number of nitriles is 1. The Morgan fingerprint density at radius 2 is 2.05 bits per heavy atom. The number of halogens is 3. The van der Waals surface area contributed by atoms with Gasteiger partial charge in [0.1, 0.15) is 6.07 Å². The molecule has 0 heterocycles. The molecule has 0 fully saturated rings. The molecule has 0 aromatic heterocycles. The first-order valence-electron chi connectivity index (χ1n) is 6.07. The van der Waals surface area contributed by atoms with E-state index in [1.54, 1.807) is 30.3 Å². The third kappa shape index (κ3) is 4.14. The number of nitrogens with zero attached hydrogens (tertiary/aromatic N) is 1. The van der Waals surface area contributed by atoms with Crippen LogP contribution in [0.2, 0.25) is 10.0 Å². The van der Waals surface area contributed by atoms with E-state index in [1.165, 1.54) is 6.07 Å². The van der Waals surface area contributed by atoms with Crippen LogP contribution in [0.15, 0.2) is 40.9 Å². The summed E-state index contributed by atoms with van der Waals surface area (Å²) in [5, 5.41) is 12.3. The molecule has 2 aromatic carbocycles. The molecule has 1 amide bonds. The zero-order valence-electron chi connectivity index (χ0n) is 11.1. The molecule has 2 aromatic rings. The monoisotopic (exact) mass is 398 g/mol. The highest BCUT2D eigenvalue weighted by Gasteiger charge is 2.12. The summed E-state index contributed by atoms with van der Waals surface area (Å²) in [4.78, 5) is 11.9. The number of carbonyl (C=O) groups is 1. The lowest BCUT2D eigenvalue weighted by Crippen LogP contribution is -2.20. The maximum atomic E-state index is 11.9. The van der Waals surface area contributed by atoms with Gasteiger partial charge in [-0.15, -0.1) is 0 Å². The summed E-state index contributed by atoms with van der Waals surface area (Å²) in [5.41, 5.74) is 0.807. The van der Waals surface area contributed by atoms with Crippen LogP contribution in [0.5, 0.6) is 5.75 Å². The quantitative estimate of drug-likeness (QED) is 0.814. The average molecular weight is 400 g/mol. The van der Waals surface area contributed by atoms with Crippen LogP contribution in [0.25, 0.3) is 0 Å². The van der Waals surface area contributed by atoms with Crippen molar-refractivity contribution >= 4 is 50.7 Å². The standard InChI is InChI=1S/C15H9BrCl2N2O2/c16-11-5-10(17)6-12(18)15(11)22-8-14(21)20-13-4-2-1-3-9(13)7-19/h1-6H,8H2,(H,20,21). The van der Waals surface area contributed by atoms with Gasteiger partial charge in [-0.1, -0.05) is 35.3 Å². The van der Waals surface area contributed by atoms with Gasteiger partial charge < -0.3 is 10.1 Å². The van der Waals surface area contributed by atoms with Gasteiger partial charge in [0.25, 0.3) is 5.91 Å². The van der Waals surface area contributed by atoms with E-state index in [-0.39, 0.29) is 6.61 Å². The Morgan fingerprint density at radius 3 is 2.73 bits per heavy atom. The second-order valence-corrected chi connectivity index (χ2v) is 5.89. The molecule has 0 bridgehead atoms. The van der Waals surface area contributed by atoms with Crippen LogP contribution in [0, 0.1) is 11.3 Å². The molecule has 0 radical (unpaired) electrons. The number of ether oxygens (including phenoxy) is 1. The maximum absolute atomic E-state index is 11.9. The number of nitrogens with one attached hydrogen (secondary N) is 1. The van der Waals surface area contributed by atoms with Crippen molar-refractivity contribution < 1.29 is 9.53 Å². The summed E-state index contributed by atoms with van der Waals surface area (Å²) in [7, 11) is 0. The number of amides is 1. The number of rotatable bonds is 4. The van der Waals surface area contributed by atoms with E-state index in [0.29, 0.717) is 31.5 Å². The van der Waals surface area contributed by atoms with Gasteiger partial charge in [-0.25, -0.2) is 0 Å². The average Bonchev–Trinajstić information content (AvgIpc) is 2.46. The second-order valence-electron chi connectivity index (χ2n) is 4.19. The van der Waals surface area contributed by atoms with Crippen LogP contribution in [-0.2, 0) is 4.79 Å². The van der Waals surface area contributed by atoms with Gasteiger partial charge in [0.15, 0.2) is 12.4 Å². The smallest absolute Gasteiger partial charge is 0.262 e. The molecule has 0 aliphatic heterocycles. The van der Waals surface area contributed by atoms with Crippen LogP contribution in [0.4, 0.5) is 5.69 Å². The van der Waals surface area contributed by atoms with Crippen molar-refractivity contribution in [2.45, 2.75) is 0 Å². The first-order valence-corrected chi connectivity index (χ1v) is 7.62. The zero-order chi connectivity index (χ0) is 16.1. The first-order chi connectivity index (χ1) is 10.5. The van der Waals surface area contributed by atoms with Crippen LogP contribution in [0.1, 0.15) is 5.56 Å². The van der Waals surface area contributed by atoms with E-state index >= 15 is 0 Å². The van der Waals surface area contributed by atoms with E-state index in [1.807, 2.05) is 6.07 Å². The number of hydrogen-bond donors (Lipinski definition) is 1. The molecule has 4 nitrogen and oxygen atoms in total. The van der Waals surface area contributed by atoms with Crippen molar-refractivity contribution in [3.63, 3.8) is 0 Å². The van der Waals surface area contributed by atoms with Gasteiger partial charge >= 0.3 is 0 Å². The Bertz CT molecular complexity index is 736. The molecule has 0 aliphatic carbocycles. The Morgan fingerprint density at radius 1 is 1.32 bits per heavy atom. The first kappa shape index (κ1) is 16.6. The van der Waals surface area contributed by atoms with Crippen LogP contribution in [-0.4, -0.2) is 12.5 Å². The third-order valence-corrected chi connectivity index (χ3v) is 3.72. The molecular formula is C15H9BrCl2N2O2. The molecule has 2 rings (SSSR count). The summed E-state index contributed by atoms with van der Waals surface area (Å²) in [6.07, 6.45) is 0. The number of carbonyl (C=O) groups excluding carboxylic acids is 1. The normalized spacial score (nSPS) is 9.91. The minimum atomic E-state index is -0.402. The summed E-state index contributed by atoms with van der Waals surface area (Å²) >= 11 is 15.1. The van der Waals surface area contributed by atoms with Crippen molar-refractivity contribution in [1.29, 1.82) is 5.26 Å². The van der Waals surface area contributed by atoms with Gasteiger partial charge in [0.2, 0.25) is 0 Å². The van der Waals surface area contributed by atoms with Gasteiger partial charge in [-0.2, -0.15) is 5.26 Å². The lowest BCUT2D eigenvalue weighted by molar-refractivity contribution is -0.118. The van der Waals surface area contributed by atoms with E-state index in [0.717, 1.165) is 0 Å². The van der Waals surface area contributed by atoms with Crippen LogP contribution >= 0.6 is 39.1 Å². The molecule has 22 heavy (non-hydrogen) atoms. The Labute approximate surface area is 145 Å². The van der Waals surface area contributed by atoms with E-state index in [9.17, 15) is 4.79 Å². The molecule has 0 saturated heterocycles. The largest absolute Gasteiger partial charge is 0.481 e. The topological polar surface area (TPSA) is 62.1 Å². The van der Waals surface area contributed by atoms with E-state index < -0.39 is 5.91 Å². The van der Waals surface area contributed by atoms with E-state index in [2.05, 4.69) is 21.2 Å². The fourth-order valence-electron chi connectivity index (χ4n) is 1.68. The molecule has 0 aliphatic rings. The maximum Gasteiger partial charge on any atom is 0.262 e. The predicted octanol–water partition coefficient (Wildman–Crippen LogP) is 4.65. The summed E-state index contributed by atoms with van der Waals surface area (Å²) < 4.78 is 5.95. The van der Waals surface area contributed by atoms with Crippen molar-refractivity contribution in [1.82, 2.24) is 0 Å². The Balaban J connectivity index is 2.04. The highest BCUT2D eigenvalue weighted by Crippen LogP contribution is 2.36.